The number of hydrogen-bond acceptors (Lipinski definition) is 2. The van der Waals surface area contributed by atoms with Gasteiger partial charge in [0.05, 0.1) is 0 Å². The molecule has 4 nitrogen and oxygen atoms in total. The molecular formula is C14H23N3O. The predicted molar refractivity (Wildman–Crippen MR) is 72.2 cm³/mol. The van der Waals surface area contributed by atoms with Crippen molar-refractivity contribution in [2.24, 2.45) is 11.1 Å². The van der Waals surface area contributed by atoms with Gasteiger partial charge in [0, 0.05) is 25.0 Å². The van der Waals surface area contributed by atoms with Crippen molar-refractivity contribution in [3.8, 4) is 0 Å². The van der Waals surface area contributed by atoms with Crippen molar-refractivity contribution < 1.29 is 4.79 Å². The molecule has 1 aromatic rings. The molecule has 2 atom stereocenters. The topological polar surface area (TPSA) is 60.0 Å². The van der Waals surface area contributed by atoms with E-state index in [4.69, 9.17) is 5.73 Å². The molecule has 4 heteroatoms. The minimum absolute atomic E-state index is 0.0327. The lowest BCUT2D eigenvalue weighted by molar-refractivity contribution is -0.123. The molecule has 0 radical (unpaired) electrons. The van der Waals surface area contributed by atoms with Gasteiger partial charge >= 0.3 is 0 Å². The van der Waals surface area contributed by atoms with Crippen molar-refractivity contribution in [3.63, 3.8) is 0 Å². The van der Waals surface area contributed by atoms with E-state index < -0.39 is 0 Å². The van der Waals surface area contributed by atoms with Gasteiger partial charge in [-0.05, 0) is 36.8 Å². The second-order valence-electron chi connectivity index (χ2n) is 6.07. The van der Waals surface area contributed by atoms with Crippen molar-refractivity contribution in [3.05, 3.63) is 23.5 Å². The molecule has 0 bridgehead atoms. The Kier molecular flexibility index (Phi) is 3.23. The molecular weight excluding hydrogens is 226 g/mol. The van der Waals surface area contributed by atoms with E-state index in [2.05, 4.69) is 29.8 Å². The summed E-state index contributed by atoms with van der Waals surface area (Å²) in [7, 11) is 1.67. The van der Waals surface area contributed by atoms with Crippen molar-refractivity contribution in [2.45, 2.75) is 45.7 Å². The number of hydrogen-bond donors (Lipinski definition) is 2. The van der Waals surface area contributed by atoms with Gasteiger partial charge in [0.15, 0.2) is 0 Å². The van der Waals surface area contributed by atoms with Gasteiger partial charge in [-0.15, -0.1) is 0 Å². The van der Waals surface area contributed by atoms with E-state index in [1.807, 2.05) is 13.1 Å². The standard InChI is InChI=1S/C14H23N3O/c1-9(13(18)16-4)17-6-5-10-11(15)7-14(2,3)8-12(10)17/h5-6,9,11H,7-8,15H2,1-4H3,(H,16,18). The normalized spacial score (nSPS) is 23.3. The van der Waals surface area contributed by atoms with Crippen LogP contribution in [0.4, 0.5) is 0 Å². The van der Waals surface area contributed by atoms with Gasteiger partial charge in [-0.25, -0.2) is 0 Å². The molecule has 0 aromatic carbocycles. The molecule has 2 unspecified atom stereocenters. The molecule has 3 N–H and O–H groups in total. The highest BCUT2D eigenvalue weighted by Gasteiger charge is 2.33. The summed E-state index contributed by atoms with van der Waals surface area (Å²) in [6.07, 6.45) is 3.97. The zero-order valence-electron chi connectivity index (χ0n) is 11.7. The van der Waals surface area contributed by atoms with Crippen LogP contribution in [0.2, 0.25) is 0 Å². The fraction of sp³-hybridized carbons (Fsp3) is 0.643. The lowest BCUT2D eigenvalue weighted by Gasteiger charge is -2.35. The van der Waals surface area contributed by atoms with Crippen LogP contribution >= 0.6 is 0 Å². The van der Waals surface area contributed by atoms with E-state index >= 15 is 0 Å². The number of carbonyl (C=O) groups excluding carboxylic acids is 1. The van der Waals surface area contributed by atoms with Gasteiger partial charge < -0.3 is 15.6 Å². The van der Waals surface area contributed by atoms with Crippen LogP contribution in [-0.2, 0) is 11.2 Å². The number of nitrogens with two attached hydrogens (primary N) is 1. The number of fused-ring (bicyclic) bond motifs is 1. The molecule has 1 heterocycles. The van der Waals surface area contributed by atoms with Crippen LogP contribution in [0, 0.1) is 5.41 Å². The van der Waals surface area contributed by atoms with Crippen LogP contribution in [-0.4, -0.2) is 17.5 Å². The maximum absolute atomic E-state index is 11.8. The highest BCUT2D eigenvalue weighted by Crippen LogP contribution is 2.40. The highest BCUT2D eigenvalue weighted by molar-refractivity contribution is 5.79. The monoisotopic (exact) mass is 249 g/mol. The first-order valence-electron chi connectivity index (χ1n) is 6.52. The molecule has 100 valence electrons. The Morgan fingerprint density at radius 1 is 1.61 bits per heavy atom. The lowest BCUT2D eigenvalue weighted by atomic mass is 9.74. The molecule has 18 heavy (non-hydrogen) atoms. The third kappa shape index (κ3) is 2.17. The molecule has 1 aromatic heterocycles. The lowest BCUT2D eigenvalue weighted by Crippen LogP contribution is -2.33. The molecule has 2 rings (SSSR count). The largest absolute Gasteiger partial charge is 0.357 e. The summed E-state index contributed by atoms with van der Waals surface area (Å²) in [5, 5.41) is 2.70. The van der Waals surface area contributed by atoms with E-state index in [0.717, 1.165) is 12.8 Å². The average molecular weight is 249 g/mol. The maximum atomic E-state index is 11.8. The zero-order valence-corrected chi connectivity index (χ0v) is 11.7. The number of likely N-dealkylation sites (N-methyl/N-ethyl adjacent to an activating group) is 1. The molecule has 0 spiro atoms. The minimum Gasteiger partial charge on any atom is -0.357 e. The van der Waals surface area contributed by atoms with E-state index in [1.165, 1.54) is 11.3 Å². The van der Waals surface area contributed by atoms with E-state index in [1.54, 1.807) is 7.05 Å². The summed E-state index contributed by atoms with van der Waals surface area (Å²) in [4.78, 5) is 11.8. The van der Waals surface area contributed by atoms with Crippen molar-refractivity contribution >= 4 is 5.91 Å². The summed E-state index contributed by atoms with van der Waals surface area (Å²) >= 11 is 0. The smallest absolute Gasteiger partial charge is 0.242 e. The van der Waals surface area contributed by atoms with Crippen molar-refractivity contribution in [1.29, 1.82) is 0 Å². The Bertz CT molecular complexity index is 462. The summed E-state index contributed by atoms with van der Waals surface area (Å²) in [6, 6.07) is 1.97. The maximum Gasteiger partial charge on any atom is 0.242 e. The Morgan fingerprint density at radius 2 is 2.28 bits per heavy atom. The van der Waals surface area contributed by atoms with Gasteiger partial charge in [-0.1, -0.05) is 13.8 Å². The number of carbonyl (C=O) groups is 1. The highest BCUT2D eigenvalue weighted by atomic mass is 16.2. The number of aromatic nitrogens is 1. The molecule has 0 fully saturated rings. The van der Waals surface area contributed by atoms with Crippen LogP contribution in [0.3, 0.4) is 0 Å². The number of amides is 1. The van der Waals surface area contributed by atoms with Gasteiger partial charge in [0.1, 0.15) is 6.04 Å². The first-order valence-corrected chi connectivity index (χ1v) is 6.52. The SMILES string of the molecule is CNC(=O)C(C)n1ccc2c1CC(C)(C)CC2N. The number of rotatable bonds is 2. The van der Waals surface area contributed by atoms with Crippen molar-refractivity contribution in [2.75, 3.05) is 7.05 Å². The van der Waals surface area contributed by atoms with E-state index in [-0.39, 0.29) is 23.4 Å². The van der Waals surface area contributed by atoms with Crippen LogP contribution < -0.4 is 11.1 Å². The minimum atomic E-state index is -0.181. The third-order valence-corrected chi connectivity index (χ3v) is 3.92. The zero-order chi connectivity index (χ0) is 13.5. The third-order valence-electron chi connectivity index (χ3n) is 3.92. The summed E-state index contributed by atoms with van der Waals surface area (Å²) in [5.74, 6) is 0.0327. The van der Waals surface area contributed by atoms with Crippen LogP contribution in [0.1, 0.15) is 50.5 Å². The average Bonchev–Trinajstić information content (AvgIpc) is 2.69. The summed E-state index contributed by atoms with van der Waals surface area (Å²) in [6.45, 7) is 6.39. The first kappa shape index (κ1) is 13.1. The Hall–Kier alpha value is -1.29. The van der Waals surface area contributed by atoms with Gasteiger partial charge in [0.2, 0.25) is 5.91 Å². The van der Waals surface area contributed by atoms with Crippen LogP contribution in [0.15, 0.2) is 12.3 Å². The quantitative estimate of drug-likeness (QED) is 0.839. The molecule has 0 aliphatic heterocycles. The number of nitrogens with zero attached hydrogens (tertiary/aromatic N) is 1. The van der Waals surface area contributed by atoms with Gasteiger partial charge in [-0.2, -0.15) is 0 Å². The molecule has 1 aliphatic carbocycles. The van der Waals surface area contributed by atoms with Gasteiger partial charge in [-0.3, -0.25) is 4.79 Å². The Morgan fingerprint density at radius 3 is 2.89 bits per heavy atom. The van der Waals surface area contributed by atoms with E-state index in [9.17, 15) is 4.79 Å². The van der Waals surface area contributed by atoms with E-state index in [0.29, 0.717) is 0 Å². The molecule has 1 amide bonds. The first-order chi connectivity index (χ1) is 8.35. The molecule has 0 saturated heterocycles. The Labute approximate surface area is 109 Å². The van der Waals surface area contributed by atoms with Crippen LogP contribution in [0.5, 0.6) is 0 Å². The second kappa shape index (κ2) is 4.43. The fourth-order valence-electron chi connectivity index (χ4n) is 2.96. The Balaban J connectivity index is 2.39. The predicted octanol–water partition coefficient (Wildman–Crippen LogP) is 1.77. The van der Waals surface area contributed by atoms with Crippen molar-refractivity contribution in [1.82, 2.24) is 9.88 Å². The summed E-state index contributed by atoms with van der Waals surface area (Å²) in [5.41, 5.74) is 8.85. The number of nitrogens with one attached hydrogen (secondary N) is 1. The summed E-state index contributed by atoms with van der Waals surface area (Å²) < 4.78 is 2.06. The molecule has 0 saturated carbocycles. The van der Waals surface area contributed by atoms with Crippen LogP contribution in [0.25, 0.3) is 0 Å². The fourth-order valence-corrected chi connectivity index (χ4v) is 2.96. The molecule has 1 aliphatic rings. The van der Waals surface area contributed by atoms with Gasteiger partial charge in [0.25, 0.3) is 0 Å². The second-order valence-corrected chi connectivity index (χ2v) is 6.07.